The molecule has 2 aliphatic rings. The van der Waals surface area contributed by atoms with Crippen LogP contribution in [-0.4, -0.2) is 53.2 Å². The molecule has 0 bridgehead atoms. The number of nitrogens with one attached hydrogen (secondary N) is 1. The summed E-state index contributed by atoms with van der Waals surface area (Å²) in [5, 5.41) is 12.0. The van der Waals surface area contributed by atoms with Crippen molar-refractivity contribution in [2.24, 2.45) is 0 Å². The minimum Gasteiger partial charge on any atom is -0.443 e. The van der Waals surface area contributed by atoms with Gasteiger partial charge in [-0.25, -0.2) is 4.79 Å². The van der Waals surface area contributed by atoms with Crippen molar-refractivity contribution in [1.29, 1.82) is 0 Å². The molecule has 2 aliphatic heterocycles. The molecule has 1 aromatic carbocycles. The molecule has 0 spiro atoms. The van der Waals surface area contributed by atoms with Crippen LogP contribution in [0.1, 0.15) is 26.3 Å². The Hall–Kier alpha value is -2.87. The fourth-order valence-electron chi connectivity index (χ4n) is 3.11. The van der Waals surface area contributed by atoms with Crippen LogP contribution in [0.2, 0.25) is 0 Å². The number of anilines is 2. The average Bonchev–Trinajstić information content (AvgIpc) is 3.11. The Morgan fingerprint density at radius 3 is 2.70 bits per heavy atom. The number of amides is 3. The lowest BCUT2D eigenvalue weighted by molar-refractivity contribution is -0.137. The fraction of sp³-hybridized carbons (Fsp3) is 0.421. The van der Waals surface area contributed by atoms with Crippen molar-refractivity contribution in [3.05, 3.63) is 35.5 Å². The van der Waals surface area contributed by atoms with E-state index in [0.717, 1.165) is 16.2 Å². The zero-order valence-electron chi connectivity index (χ0n) is 15.6. The van der Waals surface area contributed by atoms with Gasteiger partial charge in [0.1, 0.15) is 11.3 Å². The number of nitrogens with zero attached hydrogens (tertiary/aromatic N) is 2. The second-order valence-corrected chi connectivity index (χ2v) is 7.39. The van der Waals surface area contributed by atoms with Gasteiger partial charge in [0.25, 0.3) is 11.8 Å². The second kappa shape index (κ2) is 7.03. The van der Waals surface area contributed by atoms with Crippen molar-refractivity contribution in [3.8, 4) is 0 Å². The summed E-state index contributed by atoms with van der Waals surface area (Å²) in [4.78, 5) is 39.2. The maximum atomic E-state index is 12.4. The molecular formula is C19H23N3O5. The van der Waals surface area contributed by atoms with Crippen molar-refractivity contribution in [2.75, 3.05) is 29.9 Å². The molecule has 0 saturated carbocycles. The highest BCUT2D eigenvalue weighted by Gasteiger charge is 2.33. The third-order valence-electron chi connectivity index (χ3n) is 4.24. The Labute approximate surface area is 157 Å². The molecule has 2 N–H and O–H groups in total. The number of aliphatic hydroxyl groups is 1. The van der Waals surface area contributed by atoms with E-state index in [9.17, 15) is 14.4 Å². The molecule has 8 heteroatoms. The zero-order valence-corrected chi connectivity index (χ0v) is 15.6. The lowest BCUT2D eigenvalue weighted by Gasteiger charge is -2.25. The van der Waals surface area contributed by atoms with E-state index in [1.54, 1.807) is 17.0 Å². The number of fused-ring (bicyclic) bond motifs is 1. The highest BCUT2D eigenvalue weighted by atomic mass is 16.6. The van der Waals surface area contributed by atoms with E-state index in [1.165, 1.54) is 6.08 Å². The van der Waals surface area contributed by atoms with E-state index >= 15 is 0 Å². The van der Waals surface area contributed by atoms with Gasteiger partial charge in [0.15, 0.2) is 0 Å². The van der Waals surface area contributed by atoms with Crippen LogP contribution >= 0.6 is 0 Å². The second-order valence-electron chi connectivity index (χ2n) is 7.39. The quantitative estimate of drug-likeness (QED) is 0.779. The summed E-state index contributed by atoms with van der Waals surface area (Å²) in [6, 6.07) is 5.40. The van der Waals surface area contributed by atoms with Gasteiger partial charge >= 0.3 is 6.09 Å². The van der Waals surface area contributed by atoms with Gasteiger partial charge in [-0.2, -0.15) is 0 Å². The molecule has 0 radical (unpaired) electrons. The molecule has 27 heavy (non-hydrogen) atoms. The third kappa shape index (κ3) is 3.80. The van der Waals surface area contributed by atoms with Gasteiger partial charge in [0.05, 0.1) is 18.8 Å². The smallest absolute Gasteiger partial charge is 0.414 e. The molecule has 3 amide bonds. The average molecular weight is 373 g/mol. The summed E-state index contributed by atoms with van der Waals surface area (Å²) in [7, 11) is 0. The number of carbonyl (C=O) groups excluding carboxylic acids is 3. The third-order valence-corrected chi connectivity index (χ3v) is 4.24. The number of aliphatic hydroxyl groups excluding tert-OH is 1. The van der Waals surface area contributed by atoms with Crippen LogP contribution in [0, 0.1) is 0 Å². The van der Waals surface area contributed by atoms with Crippen LogP contribution in [0.4, 0.5) is 16.2 Å². The topological polar surface area (TPSA) is 99.2 Å². The number of ether oxygens (including phenoxy) is 1. The number of imide groups is 1. The zero-order chi connectivity index (χ0) is 19.8. The number of benzene rings is 1. The monoisotopic (exact) mass is 373 g/mol. The predicted molar refractivity (Wildman–Crippen MR) is 99.2 cm³/mol. The Morgan fingerprint density at radius 2 is 2.04 bits per heavy atom. The van der Waals surface area contributed by atoms with E-state index in [4.69, 9.17) is 9.84 Å². The predicted octanol–water partition coefficient (Wildman–Crippen LogP) is 1.64. The normalized spacial score (nSPS) is 16.5. The standard InChI is InChI=1S/C19H23N3O5/c1-19(2,3)27-18(26)21-8-7-12-13(5-4-6-15(12)21)20-14-11-16(24)22(9-10-23)17(14)25/h4-6,11,20,23H,7-10H2,1-3H3. The summed E-state index contributed by atoms with van der Waals surface area (Å²) in [5.74, 6) is -0.937. The van der Waals surface area contributed by atoms with Gasteiger partial charge in [0.2, 0.25) is 0 Å². The number of carbonyl (C=O) groups is 3. The maximum Gasteiger partial charge on any atom is 0.414 e. The largest absolute Gasteiger partial charge is 0.443 e. The summed E-state index contributed by atoms with van der Waals surface area (Å²) < 4.78 is 5.45. The van der Waals surface area contributed by atoms with Crippen LogP contribution in [0.5, 0.6) is 0 Å². The molecule has 0 atom stereocenters. The maximum absolute atomic E-state index is 12.4. The molecule has 0 fully saturated rings. The molecule has 8 nitrogen and oxygen atoms in total. The fourth-order valence-corrected chi connectivity index (χ4v) is 3.11. The molecule has 3 rings (SSSR count). The van der Waals surface area contributed by atoms with Crippen molar-refractivity contribution >= 4 is 29.3 Å². The first-order chi connectivity index (χ1) is 12.7. The van der Waals surface area contributed by atoms with Crippen LogP contribution < -0.4 is 10.2 Å². The molecule has 2 heterocycles. The Kier molecular flexibility index (Phi) is 4.93. The van der Waals surface area contributed by atoms with Gasteiger partial charge in [0, 0.05) is 23.9 Å². The molecule has 0 saturated heterocycles. The first kappa shape index (κ1) is 18.9. The van der Waals surface area contributed by atoms with Gasteiger partial charge in [-0.15, -0.1) is 0 Å². The molecule has 0 unspecified atom stereocenters. The van der Waals surface area contributed by atoms with E-state index in [0.29, 0.717) is 18.7 Å². The highest BCUT2D eigenvalue weighted by molar-refractivity contribution is 6.17. The summed E-state index contributed by atoms with van der Waals surface area (Å²) >= 11 is 0. The first-order valence-electron chi connectivity index (χ1n) is 8.79. The number of β-amino-alcohol motifs (C(OH)–C–C–N with tert-alkyl or cyclic N) is 1. The van der Waals surface area contributed by atoms with Crippen LogP contribution in [0.15, 0.2) is 30.0 Å². The number of hydrogen-bond acceptors (Lipinski definition) is 6. The SMILES string of the molecule is CC(C)(C)OC(=O)N1CCc2c(NC3=CC(=O)N(CCO)C3=O)cccc21. The van der Waals surface area contributed by atoms with Gasteiger partial charge < -0.3 is 15.2 Å². The van der Waals surface area contributed by atoms with Gasteiger partial charge in [-0.3, -0.25) is 19.4 Å². The van der Waals surface area contributed by atoms with Crippen LogP contribution in [0.25, 0.3) is 0 Å². The minimum absolute atomic E-state index is 0.0430. The van der Waals surface area contributed by atoms with Crippen LogP contribution in [-0.2, 0) is 20.7 Å². The van der Waals surface area contributed by atoms with E-state index in [-0.39, 0.29) is 18.8 Å². The minimum atomic E-state index is -0.590. The lowest BCUT2D eigenvalue weighted by Crippen LogP contribution is -2.35. The molecule has 0 aromatic heterocycles. The Morgan fingerprint density at radius 1 is 1.30 bits per heavy atom. The van der Waals surface area contributed by atoms with Gasteiger partial charge in [-0.1, -0.05) is 6.07 Å². The molecule has 144 valence electrons. The number of rotatable bonds is 4. The molecule has 1 aromatic rings. The van der Waals surface area contributed by atoms with E-state index in [2.05, 4.69) is 5.32 Å². The van der Waals surface area contributed by atoms with Crippen molar-refractivity contribution in [1.82, 2.24) is 4.90 Å². The van der Waals surface area contributed by atoms with Gasteiger partial charge in [-0.05, 0) is 39.3 Å². The first-order valence-corrected chi connectivity index (χ1v) is 8.79. The summed E-state index contributed by atoms with van der Waals surface area (Å²) in [6.45, 7) is 5.59. The number of hydrogen-bond donors (Lipinski definition) is 2. The molecular weight excluding hydrogens is 350 g/mol. The Balaban J connectivity index is 1.81. The van der Waals surface area contributed by atoms with Crippen LogP contribution in [0.3, 0.4) is 0 Å². The Bertz CT molecular complexity index is 825. The summed E-state index contributed by atoms with van der Waals surface area (Å²) in [6.07, 6.45) is 1.41. The highest BCUT2D eigenvalue weighted by Crippen LogP contribution is 2.35. The molecule has 0 aliphatic carbocycles. The van der Waals surface area contributed by atoms with E-state index < -0.39 is 23.5 Å². The van der Waals surface area contributed by atoms with E-state index in [1.807, 2.05) is 26.8 Å². The van der Waals surface area contributed by atoms with Crippen molar-refractivity contribution < 1.29 is 24.2 Å². The van der Waals surface area contributed by atoms with Crippen molar-refractivity contribution in [3.63, 3.8) is 0 Å². The lowest BCUT2D eigenvalue weighted by atomic mass is 10.1. The van der Waals surface area contributed by atoms with Crippen molar-refractivity contribution in [2.45, 2.75) is 32.8 Å². The summed E-state index contributed by atoms with van der Waals surface area (Å²) in [5.41, 5.74) is 1.83.